The molecule has 10 heteroatoms. The quantitative estimate of drug-likeness (QED) is 0.558. The number of nitrogens with two attached hydrogens (primary N) is 1. The maximum atomic E-state index is 11.1. The Hall–Kier alpha value is -2.30. The van der Waals surface area contributed by atoms with Crippen LogP contribution < -0.4 is 5.73 Å². The number of hydrogen-bond acceptors (Lipinski definition) is 9. The average molecular weight is 295 g/mol. The maximum absolute atomic E-state index is 11.1. The van der Waals surface area contributed by atoms with Gasteiger partial charge in [-0.15, -0.1) is 0 Å². The second-order valence-corrected chi connectivity index (χ2v) is 4.48. The molecule has 4 N–H and O–H groups in total. The van der Waals surface area contributed by atoms with Crippen LogP contribution in [0.5, 0.6) is 0 Å². The summed E-state index contributed by atoms with van der Waals surface area (Å²) in [5.74, 6) is -0.611. The van der Waals surface area contributed by atoms with E-state index in [-0.39, 0.29) is 12.4 Å². The van der Waals surface area contributed by atoms with Crippen LogP contribution in [0, 0.1) is 0 Å². The van der Waals surface area contributed by atoms with Crippen molar-refractivity contribution >= 4 is 23.0 Å². The number of aliphatic hydroxyl groups is 2. The lowest BCUT2D eigenvalue weighted by molar-refractivity contribution is -0.156. The number of carbonyl (C=O) groups excluding carboxylic acids is 1. The van der Waals surface area contributed by atoms with E-state index in [4.69, 9.17) is 20.3 Å². The molecular formula is C11H13N5O5. The molecule has 112 valence electrons. The highest BCUT2D eigenvalue weighted by molar-refractivity contribution is 5.81. The smallest absolute Gasteiger partial charge is 0.332 e. The Bertz CT molecular complexity index is 674. The van der Waals surface area contributed by atoms with Gasteiger partial charge in [-0.2, -0.15) is 0 Å². The SMILES string of the molecule is Nc1ncnc2c1ncn2C1OCC(OC(=O)CO)C1O. The minimum Gasteiger partial charge on any atom is -0.455 e. The van der Waals surface area contributed by atoms with Gasteiger partial charge in [-0.05, 0) is 0 Å². The largest absolute Gasteiger partial charge is 0.455 e. The lowest BCUT2D eigenvalue weighted by atomic mass is 10.2. The fourth-order valence-electron chi connectivity index (χ4n) is 2.19. The van der Waals surface area contributed by atoms with E-state index in [0.717, 1.165) is 0 Å². The monoisotopic (exact) mass is 295 g/mol. The van der Waals surface area contributed by atoms with Crippen LogP contribution in [0.1, 0.15) is 6.23 Å². The number of anilines is 1. The van der Waals surface area contributed by atoms with Crippen LogP contribution in [0.4, 0.5) is 5.82 Å². The summed E-state index contributed by atoms with van der Waals surface area (Å²) >= 11 is 0. The Morgan fingerprint density at radius 2 is 2.33 bits per heavy atom. The first kappa shape index (κ1) is 13.7. The Morgan fingerprint density at radius 3 is 3.10 bits per heavy atom. The second-order valence-electron chi connectivity index (χ2n) is 4.48. The van der Waals surface area contributed by atoms with Crippen LogP contribution in [0.25, 0.3) is 11.2 Å². The number of fused-ring (bicyclic) bond motifs is 1. The molecule has 0 amide bonds. The Kier molecular flexibility index (Phi) is 3.41. The molecule has 21 heavy (non-hydrogen) atoms. The maximum Gasteiger partial charge on any atom is 0.332 e. The number of nitrogen functional groups attached to an aromatic ring is 1. The lowest BCUT2D eigenvalue weighted by Gasteiger charge is -2.18. The third-order valence-corrected chi connectivity index (χ3v) is 3.18. The number of aromatic nitrogens is 4. The van der Waals surface area contributed by atoms with Gasteiger partial charge in [0.1, 0.15) is 24.6 Å². The van der Waals surface area contributed by atoms with Crippen LogP contribution in [0.3, 0.4) is 0 Å². The van der Waals surface area contributed by atoms with E-state index in [2.05, 4.69) is 15.0 Å². The molecule has 2 aromatic heterocycles. The van der Waals surface area contributed by atoms with Gasteiger partial charge in [0.15, 0.2) is 23.8 Å². The van der Waals surface area contributed by atoms with Gasteiger partial charge in [-0.3, -0.25) is 4.57 Å². The van der Waals surface area contributed by atoms with Gasteiger partial charge < -0.3 is 25.4 Å². The normalized spacial score (nSPS) is 25.3. The summed E-state index contributed by atoms with van der Waals surface area (Å²) in [7, 11) is 0. The third-order valence-electron chi connectivity index (χ3n) is 3.18. The van der Waals surface area contributed by atoms with Gasteiger partial charge in [-0.25, -0.2) is 19.7 Å². The van der Waals surface area contributed by atoms with Crippen molar-refractivity contribution in [3.05, 3.63) is 12.7 Å². The van der Waals surface area contributed by atoms with E-state index >= 15 is 0 Å². The van der Waals surface area contributed by atoms with Crippen molar-refractivity contribution in [3.63, 3.8) is 0 Å². The Morgan fingerprint density at radius 1 is 1.52 bits per heavy atom. The molecular weight excluding hydrogens is 282 g/mol. The molecule has 3 unspecified atom stereocenters. The summed E-state index contributed by atoms with van der Waals surface area (Å²) in [4.78, 5) is 23.0. The summed E-state index contributed by atoms with van der Waals surface area (Å²) in [5, 5.41) is 18.8. The molecule has 1 saturated heterocycles. The number of hydrogen-bond donors (Lipinski definition) is 3. The molecule has 2 aromatic rings. The number of esters is 1. The first-order chi connectivity index (χ1) is 10.1. The Labute approximate surface area is 118 Å². The van der Waals surface area contributed by atoms with Crippen LogP contribution in [-0.4, -0.2) is 61.1 Å². The van der Waals surface area contributed by atoms with Crippen molar-refractivity contribution in [1.82, 2.24) is 19.5 Å². The van der Waals surface area contributed by atoms with Crippen molar-refractivity contribution < 1.29 is 24.5 Å². The minimum atomic E-state index is -1.12. The summed E-state index contributed by atoms with van der Waals surface area (Å²) in [5.41, 5.74) is 6.48. The first-order valence-electron chi connectivity index (χ1n) is 6.15. The van der Waals surface area contributed by atoms with Gasteiger partial charge in [0.05, 0.1) is 12.9 Å². The highest BCUT2D eigenvalue weighted by atomic mass is 16.6. The zero-order valence-corrected chi connectivity index (χ0v) is 10.8. The molecule has 1 aliphatic rings. The van der Waals surface area contributed by atoms with E-state index in [0.29, 0.717) is 11.2 Å². The minimum absolute atomic E-state index is 0.00217. The molecule has 1 fully saturated rings. The predicted molar refractivity (Wildman–Crippen MR) is 67.7 cm³/mol. The summed E-state index contributed by atoms with van der Waals surface area (Å²) in [6.45, 7) is -0.760. The third kappa shape index (κ3) is 2.28. The van der Waals surface area contributed by atoms with E-state index in [1.54, 1.807) is 0 Å². The molecule has 10 nitrogen and oxygen atoms in total. The second kappa shape index (κ2) is 5.24. The summed E-state index contributed by atoms with van der Waals surface area (Å²) in [6, 6.07) is 0. The lowest BCUT2D eigenvalue weighted by Crippen LogP contribution is -2.33. The van der Waals surface area contributed by atoms with Crippen molar-refractivity contribution in [2.75, 3.05) is 18.9 Å². The fraction of sp³-hybridized carbons (Fsp3) is 0.455. The molecule has 3 atom stereocenters. The number of rotatable bonds is 3. The fourth-order valence-corrected chi connectivity index (χ4v) is 2.19. The molecule has 0 aromatic carbocycles. The van der Waals surface area contributed by atoms with E-state index in [1.165, 1.54) is 17.2 Å². The van der Waals surface area contributed by atoms with Crippen LogP contribution in [0.15, 0.2) is 12.7 Å². The number of aliphatic hydroxyl groups excluding tert-OH is 2. The van der Waals surface area contributed by atoms with Gasteiger partial charge in [0, 0.05) is 0 Å². The average Bonchev–Trinajstić information content (AvgIpc) is 3.04. The topological polar surface area (TPSA) is 146 Å². The molecule has 1 aliphatic heterocycles. The van der Waals surface area contributed by atoms with Gasteiger partial charge in [-0.1, -0.05) is 0 Å². The predicted octanol–water partition coefficient (Wildman–Crippen LogP) is -1.80. The van der Waals surface area contributed by atoms with Gasteiger partial charge >= 0.3 is 5.97 Å². The summed E-state index contributed by atoms with van der Waals surface area (Å²) < 4.78 is 11.8. The standard InChI is InChI=1S/C11H13N5O5/c12-9-7-10(14-3-13-9)16(4-15-7)11-8(19)5(2-20-11)21-6(18)1-17/h3-5,8,11,17,19H,1-2H2,(H2,12,13,14). The molecule has 0 bridgehead atoms. The van der Waals surface area contributed by atoms with E-state index < -0.39 is 31.0 Å². The van der Waals surface area contributed by atoms with Gasteiger partial charge in [0.2, 0.25) is 0 Å². The molecule has 0 aliphatic carbocycles. The summed E-state index contributed by atoms with van der Waals surface area (Å²) in [6.07, 6.45) is -0.110. The van der Waals surface area contributed by atoms with Crippen molar-refractivity contribution in [3.8, 4) is 0 Å². The highest BCUT2D eigenvalue weighted by Gasteiger charge is 2.40. The van der Waals surface area contributed by atoms with Crippen molar-refractivity contribution in [1.29, 1.82) is 0 Å². The molecule has 3 heterocycles. The zero-order chi connectivity index (χ0) is 15.0. The molecule has 3 rings (SSSR count). The van der Waals surface area contributed by atoms with Crippen LogP contribution >= 0.6 is 0 Å². The molecule has 0 spiro atoms. The first-order valence-corrected chi connectivity index (χ1v) is 6.15. The van der Waals surface area contributed by atoms with Crippen LogP contribution in [-0.2, 0) is 14.3 Å². The van der Waals surface area contributed by atoms with E-state index in [1.807, 2.05) is 0 Å². The number of ether oxygens (including phenoxy) is 2. The van der Waals surface area contributed by atoms with Crippen molar-refractivity contribution in [2.24, 2.45) is 0 Å². The zero-order valence-electron chi connectivity index (χ0n) is 10.8. The van der Waals surface area contributed by atoms with Crippen LogP contribution in [0.2, 0.25) is 0 Å². The number of carbonyl (C=O) groups is 1. The number of nitrogens with zero attached hydrogens (tertiary/aromatic N) is 4. The number of imidazole rings is 1. The van der Waals surface area contributed by atoms with Gasteiger partial charge in [0.25, 0.3) is 0 Å². The van der Waals surface area contributed by atoms with E-state index in [9.17, 15) is 9.90 Å². The highest BCUT2D eigenvalue weighted by Crippen LogP contribution is 2.29. The van der Waals surface area contributed by atoms with Crippen molar-refractivity contribution in [2.45, 2.75) is 18.4 Å². The molecule has 0 radical (unpaired) electrons. The Balaban J connectivity index is 1.87. The molecule has 0 saturated carbocycles.